The molecule has 1 aliphatic heterocycles. The van der Waals surface area contributed by atoms with Crippen LogP contribution in [0.5, 0.6) is 5.75 Å². The fourth-order valence-corrected chi connectivity index (χ4v) is 4.19. The standard InChI is InChI=1S/C20H19F3N2O3/c1-11-13(16-10-12(28-20(21,22)23)6-7-17(16)24-11)8-9-25-18(26)14-4-2-3-5-15(14)19(25)27/h2-3,6-7,10,14-15,24H,4-5,8-9H2,1H3/t14-,15-/m1/s1. The van der Waals surface area contributed by atoms with E-state index >= 15 is 0 Å². The summed E-state index contributed by atoms with van der Waals surface area (Å²) in [6.07, 6.45) is 0.624. The molecule has 2 atom stereocenters. The largest absolute Gasteiger partial charge is 0.573 e. The highest BCUT2D eigenvalue weighted by atomic mass is 19.4. The first kappa shape index (κ1) is 18.6. The first-order valence-electron chi connectivity index (χ1n) is 9.12. The highest BCUT2D eigenvalue weighted by Crippen LogP contribution is 2.36. The Bertz CT molecular complexity index is 951. The molecule has 1 aromatic carbocycles. The van der Waals surface area contributed by atoms with Gasteiger partial charge in [0.1, 0.15) is 5.75 Å². The molecule has 1 fully saturated rings. The van der Waals surface area contributed by atoms with Crippen LogP contribution in [0.15, 0.2) is 30.4 Å². The van der Waals surface area contributed by atoms with Crippen LogP contribution in [0, 0.1) is 18.8 Å². The number of halogens is 3. The van der Waals surface area contributed by atoms with E-state index in [1.807, 2.05) is 19.1 Å². The maximum absolute atomic E-state index is 12.6. The second-order valence-electron chi connectivity index (χ2n) is 7.22. The second kappa shape index (κ2) is 6.68. The summed E-state index contributed by atoms with van der Waals surface area (Å²) in [4.78, 5) is 29.6. The number of nitrogens with one attached hydrogen (secondary N) is 1. The second-order valence-corrected chi connectivity index (χ2v) is 7.22. The van der Waals surface area contributed by atoms with Crippen molar-refractivity contribution >= 4 is 22.7 Å². The van der Waals surface area contributed by atoms with E-state index in [2.05, 4.69) is 9.72 Å². The molecule has 1 aliphatic carbocycles. The van der Waals surface area contributed by atoms with Crippen molar-refractivity contribution in [2.75, 3.05) is 6.54 Å². The number of allylic oxidation sites excluding steroid dienone is 2. The zero-order chi connectivity index (χ0) is 20.1. The number of hydrogen-bond acceptors (Lipinski definition) is 3. The van der Waals surface area contributed by atoms with Gasteiger partial charge in [0.05, 0.1) is 11.8 Å². The number of fused-ring (bicyclic) bond motifs is 2. The minimum Gasteiger partial charge on any atom is -0.406 e. The zero-order valence-electron chi connectivity index (χ0n) is 15.2. The summed E-state index contributed by atoms with van der Waals surface area (Å²) in [5.41, 5.74) is 2.24. The lowest BCUT2D eigenvalue weighted by Gasteiger charge is -2.15. The maximum atomic E-state index is 12.6. The summed E-state index contributed by atoms with van der Waals surface area (Å²) < 4.78 is 41.6. The predicted molar refractivity (Wildman–Crippen MR) is 95.5 cm³/mol. The van der Waals surface area contributed by atoms with E-state index in [9.17, 15) is 22.8 Å². The number of hydrogen-bond donors (Lipinski definition) is 1. The molecule has 2 heterocycles. The number of nitrogens with zero attached hydrogens (tertiary/aromatic N) is 1. The van der Waals surface area contributed by atoms with Gasteiger partial charge in [0.2, 0.25) is 11.8 Å². The number of aromatic nitrogens is 1. The van der Waals surface area contributed by atoms with Crippen molar-refractivity contribution < 1.29 is 27.5 Å². The van der Waals surface area contributed by atoms with E-state index < -0.39 is 6.36 Å². The zero-order valence-corrected chi connectivity index (χ0v) is 15.2. The number of benzene rings is 1. The fourth-order valence-electron chi connectivity index (χ4n) is 4.19. The van der Waals surface area contributed by atoms with Crippen LogP contribution in [-0.4, -0.2) is 34.6 Å². The van der Waals surface area contributed by atoms with Crippen LogP contribution in [0.1, 0.15) is 24.1 Å². The summed E-state index contributed by atoms with van der Waals surface area (Å²) in [5.74, 6) is -1.18. The molecule has 148 valence electrons. The molecule has 2 aromatic rings. The fraction of sp³-hybridized carbons (Fsp3) is 0.400. The summed E-state index contributed by atoms with van der Waals surface area (Å²) >= 11 is 0. The molecule has 2 amide bonds. The van der Waals surface area contributed by atoms with Crippen molar-refractivity contribution in [2.24, 2.45) is 11.8 Å². The molecule has 1 saturated heterocycles. The van der Waals surface area contributed by atoms with Gasteiger partial charge in [-0.05, 0) is 49.9 Å². The van der Waals surface area contributed by atoms with Gasteiger partial charge in [-0.15, -0.1) is 13.2 Å². The Balaban J connectivity index is 1.56. The molecule has 0 radical (unpaired) electrons. The monoisotopic (exact) mass is 392 g/mol. The Morgan fingerprint density at radius 1 is 1.14 bits per heavy atom. The molecule has 8 heteroatoms. The number of aryl methyl sites for hydroxylation is 1. The Morgan fingerprint density at radius 2 is 1.79 bits per heavy atom. The Morgan fingerprint density at radius 3 is 2.39 bits per heavy atom. The van der Waals surface area contributed by atoms with Gasteiger partial charge in [-0.25, -0.2) is 0 Å². The van der Waals surface area contributed by atoms with Crippen LogP contribution in [0.2, 0.25) is 0 Å². The van der Waals surface area contributed by atoms with E-state index in [4.69, 9.17) is 0 Å². The summed E-state index contributed by atoms with van der Waals surface area (Å²) in [6.45, 7) is 2.03. The van der Waals surface area contributed by atoms with Gasteiger partial charge in [0.25, 0.3) is 0 Å². The van der Waals surface area contributed by atoms with Gasteiger partial charge < -0.3 is 9.72 Å². The predicted octanol–water partition coefficient (Wildman–Crippen LogP) is 3.87. The van der Waals surface area contributed by atoms with Crippen molar-refractivity contribution in [2.45, 2.75) is 32.5 Å². The number of carbonyl (C=O) groups is 2. The Kier molecular flexibility index (Phi) is 4.44. The third-order valence-electron chi connectivity index (χ3n) is 5.51. The number of imide groups is 1. The number of H-pyrrole nitrogens is 1. The summed E-state index contributed by atoms with van der Waals surface area (Å²) in [7, 11) is 0. The highest BCUT2D eigenvalue weighted by molar-refractivity contribution is 6.05. The molecule has 0 bridgehead atoms. The minimum atomic E-state index is -4.77. The van der Waals surface area contributed by atoms with Gasteiger partial charge in [0.15, 0.2) is 0 Å². The third kappa shape index (κ3) is 3.27. The molecule has 0 unspecified atom stereocenters. The van der Waals surface area contributed by atoms with Crippen molar-refractivity contribution in [3.63, 3.8) is 0 Å². The van der Waals surface area contributed by atoms with Crippen LogP contribution in [-0.2, 0) is 16.0 Å². The molecule has 0 saturated carbocycles. The lowest BCUT2D eigenvalue weighted by molar-refractivity contribution is -0.274. The smallest absolute Gasteiger partial charge is 0.406 e. The Labute approximate surface area is 159 Å². The molecule has 4 rings (SSSR count). The maximum Gasteiger partial charge on any atom is 0.573 e. The van der Waals surface area contributed by atoms with E-state index in [0.29, 0.717) is 30.2 Å². The minimum absolute atomic E-state index is 0.155. The molecule has 28 heavy (non-hydrogen) atoms. The van der Waals surface area contributed by atoms with E-state index in [0.717, 1.165) is 11.3 Å². The van der Waals surface area contributed by atoms with Crippen molar-refractivity contribution in [1.82, 2.24) is 9.88 Å². The van der Waals surface area contributed by atoms with Crippen LogP contribution in [0.25, 0.3) is 10.9 Å². The van der Waals surface area contributed by atoms with Crippen LogP contribution in [0.4, 0.5) is 13.2 Å². The number of carbonyl (C=O) groups excluding carboxylic acids is 2. The van der Waals surface area contributed by atoms with Gasteiger partial charge in [-0.2, -0.15) is 0 Å². The van der Waals surface area contributed by atoms with Gasteiger partial charge in [0, 0.05) is 23.1 Å². The molecule has 5 nitrogen and oxygen atoms in total. The van der Waals surface area contributed by atoms with Crippen molar-refractivity contribution in [1.29, 1.82) is 0 Å². The lowest BCUT2D eigenvalue weighted by atomic mass is 9.85. The third-order valence-corrected chi connectivity index (χ3v) is 5.51. The number of amides is 2. The quantitative estimate of drug-likeness (QED) is 0.635. The molecule has 1 aromatic heterocycles. The van der Waals surface area contributed by atoms with E-state index in [1.54, 1.807) is 0 Å². The normalized spacial score (nSPS) is 22.2. The molecular weight excluding hydrogens is 373 g/mol. The van der Waals surface area contributed by atoms with Crippen molar-refractivity contribution in [3.8, 4) is 5.75 Å². The topological polar surface area (TPSA) is 62.4 Å². The first-order valence-corrected chi connectivity index (χ1v) is 9.12. The number of alkyl halides is 3. The number of aromatic amines is 1. The SMILES string of the molecule is Cc1[nH]c2ccc(OC(F)(F)F)cc2c1CCN1C(=O)[C@@H]2CC=CC[C@H]2C1=O. The van der Waals surface area contributed by atoms with E-state index in [1.165, 1.54) is 23.1 Å². The van der Waals surface area contributed by atoms with Gasteiger partial charge >= 0.3 is 6.36 Å². The average molecular weight is 392 g/mol. The van der Waals surface area contributed by atoms with Crippen LogP contribution in [0.3, 0.4) is 0 Å². The number of likely N-dealkylation sites (tertiary alicyclic amines) is 1. The van der Waals surface area contributed by atoms with E-state index in [-0.39, 0.29) is 35.9 Å². The number of ether oxygens (including phenoxy) is 1. The Hall–Kier alpha value is -2.77. The summed E-state index contributed by atoms with van der Waals surface area (Å²) in [6, 6.07) is 4.11. The van der Waals surface area contributed by atoms with Gasteiger partial charge in [-0.3, -0.25) is 14.5 Å². The highest BCUT2D eigenvalue weighted by Gasteiger charge is 2.46. The average Bonchev–Trinajstić information content (AvgIpc) is 3.06. The molecule has 0 spiro atoms. The lowest BCUT2D eigenvalue weighted by Crippen LogP contribution is -2.33. The summed E-state index contributed by atoms with van der Waals surface area (Å²) in [5, 5.41) is 0.595. The van der Waals surface area contributed by atoms with Crippen LogP contribution >= 0.6 is 0 Å². The van der Waals surface area contributed by atoms with Gasteiger partial charge in [-0.1, -0.05) is 12.2 Å². The molecular formula is C20H19F3N2O3. The van der Waals surface area contributed by atoms with Crippen molar-refractivity contribution in [3.05, 3.63) is 41.6 Å². The molecule has 2 aliphatic rings. The first-order chi connectivity index (χ1) is 13.2. The van der Waals surface area contributed by atoms with Crippen LogP contribution < -0.4 is 4.74 Å². The molecule has 1 N–H and O–H groups in total. The number of rotatable bonds is 4.